The van der Waals surface area contributed by atoms with E-state index in [0.29, 0.717) is 17.1 Å². The predicted octanol–water partition coefficient (Wildman–Crippen LogP) is 1.88. The van der Waals surface area contributed by atoms with Crippen molar-refractivity contribution in [1.29, 1.82) is 0 Å². The molecule has 1 aromatic carbocycles. The van der Waals surface area contributed by atoms with Crippen molar-refractivity contribution in [1.82, 2.24) is 4.98 Å². The summed E-state index contributed by atoms with van der Waals surface area (Å²) in [4.78, 5) is 16.0. The Labute approximate surface area is 141 Å². The third kappa shape index (κ3) is 4.69. The minimum atomic E-state index is -3.32. The first-order valence-electron chi connectivity index (χ1n) is 7.19. The number of sulfonamides is 1. The van der Waals surface area contributed by atoms with Gasteiger partial charge in [0.15, 0.2) is 6.10 Å². The van der Waals surface area contributed by atoms with Gasteiger partial charge in [0.1, 0.15) is 5.75 Å². The molecule has 2 aromatic rings. The van der Waals surface area contributed by atoms with Crippen LogP contribution in [0.25, 0.3) is 0 Å². The molecule has 1 heterocycles. The molecule has 0 aliphatic rings. The van der Waals surface area contributed by atoms with Gasteiger partial charge < -0.3 is 10.1 Å². The van der Waals surface area contributed by atoms with E-state index in [4.69, 9.17) is 4.74 Å². The van der Waals surface area contributed by atoms with Crippen molar-refractivity contribution in [3.63, 3.8) is 0 Å². The number of carbonyl (C=O) groups excluding carboxylic acids is 1. The largest absolute Gasteiger partial charge is 0.481 e. The number of amides is 1. The molecule has 0 radical (unpaired) electrons. The summed E-state index contributed by atoms with van der Waals surface area (Å²) in [6, 6.07) is 9.91. The van der Waals surface area contributed by atoms with Crippen molar-refractivity contribution in [3.05, 3.63) is 48.8 Å². The fourth-order valence-corrected chi connectivity index (χ4v) is 2.37. The number of hydrogen-bond donors (Lipinski definition) is 1. The number of ether oxygens (including phenoxy) is 1. The molecule has 1 aromatic heterocycles. The maximum absolute atomic E-state index is 12.1. The Morgan fingerprint density at radius 2 is 1.92 bits per heavy atom. The Morgan fingerprint density at radius 3 is 2.46 bits per heavy atom. The molecule has 2 rings (SSSR count). The van der Waals surface area contributed by atoms with E-state index in [1.807, 2.05) is 0 Å². The standard InChI is InChI=1S/C16H19N3O4S/c1-12(16(20)18-13-5-4-10-17-11-13)23-15-8-6-14(7-9-15)19(2)24(3,21)22/h4-12H,1-3H3,(H,18,20)/t12-/m0/s1. The topological polar surface area (TPSA) is 88.6 Å². The summed E-state index contributed by atoms with van der Waals surface area (Å²) in [5, 5.41) is 2.70. The summed E-state index contributed by atoms with van der Waals surface area (Å²) < 4.78 is 29.7. The number of hydrogen-bond acceptors (Lipinski definition) is 5. The van der Waals surface area contributed by atoms with Crippen molar-refractivity contribution < 1.29 is 17.9 Å². The lowest BCUT2D eigenvalue weighted by Gasteiger charge is -2.18. The minimum absolute atomic E-state index is 0.305. The van der Waals surface area contributed by atoms with Gasteiger partial charge in [0.25, 0.3) is 5.91 Å². The molecule has 8 heteroatoms. The van der Waals surface area contributed by atoms with E-state index in [1.165, 1.54) is 7.05 Å². The molecule has 1 atom stereocenters. The zero-order valence-electron chi connectivity index (χ0n) is 13.6. The van der Waals surface area contributed by atoms with E-state index in [1.54, 1.807) is 55.7 Å². The van der Waals surface area contributed by atoms with Gasteiger partial charge in [-0.3, -0.25) is 14.1 Å². The van der Waals surface area contributed by atoms with Crippen LogP contribution in [0, 0.1) is 0 Å². The second kappa shape index (κ2) is 7.31. The third-order valence-electron chi connectivity index (χ3n) is 3.31. The number of aromatic nitrogens is 1. The second-order valence-electron chi connectivity index (χ2n) is 5.22. The van der Waals surface area contributed by atoms with Crippen molar-refractivity contribution in [2.24, 2.45) is 0 Å². The molecule has 24 heavy (non-hydrogen) atoms. The van der Waals surface area contributed by atoms with Gasteiger partial charge in [-0.25, -0.2) is 8.42 Å². The van der Waals surface area contributed by atoms with Crippen LogP contribution in [0.1, 0.15) is 6.92 Å². The summed E-state index contributed by atoms with van der Waals surface area (Å²) >= 11 is 0. The van der Waals surface area contributed by atoms with Crippen LogP contribution in [0.2, 0.25) is 0 Å². The molecule has 0 spiro atoms. The Hall–Kier alpha value is -2.61. The van der Waals surface area contributed by atoms with Crippen molar-refractivity contribution in [2.75, 3.05) is 22.9 Å². The molecular weight excluding hydrogens is 330 g/mol. The zero-order chi connectivity index (χ0) is 17.7. The predicted molar refractivity (Wildman–Crippen MR) is 92.6 cm³/mol. The number of nitrogens with zero attached hydrogens (tertiary/aromatic N) is 2. The maximum Gasteiger partial charge on any atom is 0.265 e. The molecule has 0 saturated carbocycles. The Bertz CT molecular complexity index is 792. The highest BCUT2D eigenvalue weighted by Gasteiger charge is 2.16. The van der Waals surface area contributed by atoms with Crippen LogP contribution < -0.4 is 14.4 Å². The lowest BCUT2D eigenvalue weighted by atomic mass is 10.3. The van der Waals surface area contributed by atoms with Crippen LogP contribution in [-0.2, 0) is 14.8 Å². The molecule has 0 aliphatic heterocycles. The van der Waals surface area contributed by atoms with Crippen LogP contribution in [0.5, 0.6) is 5.75 Å². The van der Waals surface area contributed by atoms with Crippen LogP contribution in [0.15, 0.2) is 48.8 Å². The van der Waals surface area contributed by atoms with E-state index in [2.05, 4.69) is 10.3 Å². The zero-order valence-corrected chi connectivity index (χ0v) is 14.4. The van der Waals surface area contributed by atoms with E-state index in [-0.39, 0.29) is 5.91 Å². The smallest absolute Gasteiger partial charge is 0.265 e. The lowest BCUT2D eigenvalue weighted by Crippen LogP contribution is -2.30. The number of pyridine rings is 1. The number of carbonyl (C=O) groups is 1. The van der Waals surface area contributed by atoms with E-state index in [9.17, 15) is 13.2 Å². The van der Waals surface area contributed by atoms with Gasteiger partial charge in [-0.05, 0) is 43.3 Å². The molecule has 128 valence electrons. The molecule has 7 nitrogen and oxygen atoms in total. The quantitative estimate of drug-likeness (QED) is 0.860. The van der Waals surface area contributed by atoms with Crippen LogP contribution in [-0.4, -0.2) is 38.7 Å². The molecule has 1 amide bonds. The summed E-state index contributed by atoms with van der Waals surface area (Å²) in [6.45, 7) is 1.63. The highest BCUT2D eigenvalue weighted by atomic mass is 32.2. The summed E-state index contributed by atoms with van der Waals surface area (Å²) in [7, 11) is -1.85. The van der Waals surface area contributed by atoms with E-state index < -0.39 is 16.1 Å². The Kier molecular flexibility index (Phi) is 5.40. The van der Waals surface area contributed by atoms with Crippen molar-refractivity contribution in [2.45, 2.75) is 13.0 Å². The van der Waals surface area contributed by atoms with E-state index in [0.717, 1.165) is 10.6 Å². The average Bonchev–Trinajstić information content (AvgIpc) is 2.55. The monoisotopic (exact) mass is 349 g/mol. The first-order chi connectivity index (χ1) is 11.3. The number of benzene rings is 1. The van der Waals surface area contributed by atoms with Gasteiger partial charge in [0, 0.05) is 13.2 Å². The maximum atomic E-state index is 12.1. The van der Waals surface area contributed by atoms with Crippen LogP contribution >= 0.6 is 0 Å². The third-order valence-corrected chi connectivity index (χ3v) is 4.51. The minimum Gasteiger partial charge on any atom is -0.481 e. The summed E-state index contributed by atoms with van der Waals surface area (Å²) in [6.07, 6.45) is 3.57. The molecule has 0 fully saturated rings. The number of rotatable bonds is 6. The average molecular weight is 349 g/mol. The fraction of sp³-hybridized carbons (Fsp3) is 0.250. The molecular formula is C16H19N3O4S. The second-order valence-corrected chi connectivity index (χ2v) is 7.23. The van der Waals surface area contributed by atoms with Gasteiger partial charge in [-0.15, -0.1) is 0 Å². The number of nitrogens with one attached hydrogen (secondary N) is 1. The molecule has 0 saturated heterocycles. The van der Waals surface area contributed by atoms with Gasteiger partial charge in [0.2, 0.25) is 10.0 Å². The number of anilines is 2. The van der Waals surface area contributed by atoms with Crippen LogP contribution in [0.4, 0.5) is 11.4 Å². The van der Waals surface area contributed by atoms with Crippen molar-refractivity contribution in [3.8, 4) is 5.75 Å². The van der Waals surface area contributed by atoms with E-state index >= 15 is 0 Å². The molecule has 1 N–H and O–H groups in total. The molecule has 0 aliphatic carbocycles. The fourth-order valence-electron chi connectivity index (χ4n) is 1.86. The summed E-state index contributed by atoms with van der Waals surface area (Å²) in [5.74, 6) is 0.162. The lowest BCUT2D eigenvalue weighted by molar-refractivity contribution is -0.122. The SMILES string of the molecule is C[C@H](Oc1ccc(N(C)S(C)(=O)=O)cc1)C(=O)Nc1cccnc1. The van der Waals surface area contributed by atoms with Gasteiger partial charge in [0.05, 0.1) is 23.8 Å². The Balaban J connectivity index is 1.99. The molecule has 0 unspecified atom stereocenters. The van der Waals surface area contributed by atoms with Gasteiger partial charge >= 0.3 is 0 Å². The Morgan fingerprint density at radius 1 is 1.25 bits per heavy atom. The van der Waals surface area contributed by atoms with Crippen LogP contribution in [0.3, 0.4) is 0 Å². The molecule has 0 bridgehead atoms. The van der Waals surface area contributed by atoms with Gasteiger partial charge in [-0.2, -0.15) is 0 Å². The highest BCUT2D eigenvalue weighted by molar-refractivity contribution is 7.92. The highest BCUT2D eigenvalue weighted by Crippen LogP contribution is 2.21. The summed E-state index contributed by atoms with van der Waals surface area (Å²) in [5.41, 5.74) is 1.10. The first-order valence-corrected chi connectivity index (χ1v) is 9.04. The van der Waals surface area contributed by atoms with Gasteiger partial charge in [-0.1, -0.05) is 0 Å². The first kappa shape index (κ1) is 17.7. The normalized spacial score (nSPS) is 12.3. The van der Waals surface area contributed by atoms with Crippen molar-refractivity contribution >= 4 is 27.3 Å².